The van der Waals surface area contributed by atoms with Gasteiger partial charge in [-0.2, -0.15) is 0 Å². The summed E-state index contributed by atoms with van der Waals surface area (Å²) in [6.45, 7) is 7.85. The lowest BCUT2D eigenvalue weighted by Crippen LogP contribution is -2.37. The Morgan fingerprint density at radius 3 is 1.44 bits per heavy atom. The van der Waals surface area contributed by atoms with Gasteiger partial charge >= 0.3 is 0 Å². The van der Waals surface area contributed by atoms with E-state index in [1.54, 1.807) is 0 Å². The van der Waals surface area contributed by atoms with Gasteiger partial charge in [-0.1, -0.05) is 109 Å². The minimum Gasteiger partial charge on any atom is -0.380 e. The van der Waals surface area contributed by atoms with E-state index in [2.05, 4.69) is 57.1 Å². The summed E-state index contributed by atoms with van der Waals surface area (Å²) >= 11 is 0. The average Bonchev–Trinajstić information content (AvgIpc) is 2.83. The first-order valence-electron chi connectivity index (χ1n) is 14.8. The number of allylic oxidation sites excluding steroid dienone is 4. The van der Waals surface area contributed by atoms with Crippen molar-refractivity contribution < 1.29 is 9.47 Å². The molecule has 0 aromatic rings. The monoisotopic (exact) mass is 479 g/mol. The normalized spacial score (nSPS) is 13.1. The molecule has 0 aliphatic heterocycles. The van der Waals surface area contributed by atoms with Gasteiger partial charge in [-0.15, -0.1) is 0 Å². The van der Waals surface area contributed by atoms with Crippen molar-refractivity contribution in [3.63, 3.8) is 0 Å². The molecule has 0 fully saturated rings. The molecule has 0 aromatic heterocycles. The summed E-state index contributed by atoms with van der Waals surface area (Å²) in [6.07, 6.45) is 32.8. The lowest BCUT2D eigenvalue weighted by Gasteiger charge is -2.24. The van der Waals surface area contributed by atoms with Crippen LogP contribution in [-0.4, -0.2) is 51.5 Å². The van der Waals surface area contributed by atoms with Crippen molar-refractivity contribution in [1.29, 1.82) is 0 Å². The Morgan fingerprint density at radius 2 is 0.941 bits per heavy atom. The lowest BCUT2D eigenvalue weighted by molar-refractivity contribution is 0.0198. The van der Waals surface area contributed by atoms with Gasteiger partial charge in [0.1, 0.15) is 0 Å². The van der Waals surface area contributed by atoms with Crippen molar-refractivity contribution in [3.8, 4) is 0 Å². The van der Waals surface area contributed by atoms with Crippen LogP contribution in [-0.2, 0) is 9.47 Å². The van der Waals surface area contributed by atoms with Gasteiger partial charge in [0.25, 0.3) is 0 Å². The molecule has 0 bridgehead atoms. The van der Waals surface area contributed by atoms with E-state index in [0.29, 0.717) is 6.04 Å². The van der Waals surface area contributed by atoms with Gasteiger partial charge in [-0.05, 0) is 59.0 Å². The van der Waals surface area contributed by atoms with E-state index in [9.17, 15) is 0 Å². The number of likely N-dealkylation sites (N-methyl/N-ethyl adjacent to an activating group) is 1. The smallest absolute Gasteiger partial charge is 0.0644 e. The number of hydrogen-bond acceptors (Lipinski definition) is 3. The number of unbranched alkanes of at least 4 members (excludes halogenated alkanes) is 14. The predicted octanol–water partition coefficient (Wildman–Crippen LogP) is 9.12. The Kier molecular flexibility index (Phi) is 28.1. The van der Waals surface area contributed by atoms with Crippen LogP contribution in [0, 0.1) is 0 Å². The molecule has 0 aromatic carbocycles. The summed E-state index contributed by atoms with van der Waals surface area (Å²) < 4.78 is 11.8. The zero-order chi connectivity index (χ0) is 25.0. The van der Waals surface area contributed by atoms with Gasteiger partial charge < -0.3 is 14.4 Å². The van der Waals surface area contributed by atoms with Crippen LogP contribution in [0.4, 0.5) is 0 Å². The molecule has 3 heteroatoms. The molecule has 0 amide bonds. The van der Waals surface area contributed by atoms with Crippen molar-refractivity contribution in [2.24, 2.45) is 0 Å². The third kappa shape index (κ3) is 26.0. The average molecular weight is 480 g/mol. The van der Waals surface area contributed by atoms with E-state index in [1.165, 1.54) is 109 Å². The van der Waals surface area contributed by atoms with E-state index in [4.69, 9.17) is 9.47 Å². The zero-order valence-electron chi connectivity index (χ0n) is 23.7. The molecular weight excluding hydrogens is 418 g/mol. The van der Waals surface area contributed by atoms with Gasteiger partial charge in [0.2, 0.25) is 0 Å². The zero-order valence-corrected chi connectivity index (χ0v) is 23.7. The lowest BCUT2D eigenvalue weighted by atomic mass is 10.1. The molecule has 0 N–H and O–H groups in total. The van der Waals surface area contributed by atoms with E-state index >= 15 is 0 Å². The standard InChI is InChI=1S/C31H61NO2/c1-5-7-9-11-12-13-14-15-16-17-18-19-20-21-22-23-24-26-28-34-30-31(32(3)4)29-33-27-25-10-8-6-2/h12-13,15-16,31H,5-11,14,17-30H2,1-4H3/b13-12-,16-15-/t31-/m0/s1. The van der Waals surface area contributed by atoms with E-state index in [-0.39, 0.29) is 0 Å². The highest BCUT2D eigenvalue weighted by Gasteiger charge is 2.11. The van der Waals surface area contributed by atoms with Crippen LogP contribution in [0.3, 0.4) is 0 Å². The first kappa shape index (κ1) is 33.4. The summed E-state index contributed by atoms with van der Waals surface area (Å²) in [7, 11) is 4.25. The third-order valence-electron chi connectivity index (χ3n) is 6.48. The minimum atomic E-state index is 0.369. The molecule has 0 rings (SSSR count). The van der Waals surface area contributed by atoms with Crippen LogP contribution in [0.2, 0.25) is 0 Å². The summed E-state index contributed by atoms with van der Waals surface area (Å²) in [4.78, 5) is 2.23. The minimum absolute atomic E-state index is 0.369. The summed E-state index contributed by atoms with van der Waals surface area (Å²) in [6, 6.07) is 0.369. The van der Waals surface area contributed by atoms with Gasteiger partial charge in [0.15, 0.2) is 0 Å². The van der Waals surface area contributed by atoms with Gasteiger partial charge in [-0.3, -0.25) is 0 Å². The van der Waals surface area contributed by atoms with E-state index < -0.39 is 0 Å². The number of hydrogen-bond donors (Lipinski definition) is 0. The summed E-state index contributed by atoms with van der Waals surface area (Å²) in [5.74, 6) is 0. The molecule has 0 saturated carbocycles. The molecule has 3 nitrogen and oxygen atoms in total. The molecule has 0 aliphatic rings. The van der Waals surface area contributed by atoms with E-state index in [1.807, 2.05) is 0 Å². The SMILES string of the molecule is CCCCC/C=C\C/C=C\CCCCCCCCCCOC[C@H](COCCCCCC)N(C)C. The Bertz CT molecular complexity index is 433. The molecule has 0 heterocycles. The Balaban J connectivity index is 3.39. The largest absolute Gasteiger partial charge is 0.380 e. The van der Waals surface area contributed by atoms with Crippen LogP contribution < -0.4 is 0 Å². The quantitative estimate of drug-likeness (QED) is 0.0865. The van der Waals surface area contributed by atoms with Crippen molar-refractivity contribution in [3.05, 3.63) is 24.3 Å². The first-order valence-corrected chi connectivity index (χ1v) is 14.8. The highest BCUT2D eigenvalue weighted by atomic mass is 16.5. The number of rotatable bonds is 27. The number of nitrogens with zero attached hydrogens (tertiary/aromatic N) is 1. The highest BCUT2D eigenvalue weighted by Crippen LogP contribution is 2.10. The second-order valence-electron chi connectivity index (χ2n) is 10.1. The van der Waals surface area contributed by atoms with Crippen molar-refractivity contribution in [1.82, 2.24) is 4.90 Å². The second kappa shape index (κ2) is 28.6. The molecule has 0 saturated heterocycles. The van der Waals surface area contributed by atoms with E-state index in [0.717, 1.165) is 32.8 Å². The highest BCUT2D eigenvalue weighted by molar-refractivity contribution is 4.92. The molecule has 202 valence electrons. The molecule has 34 heavy (non-hydrogen) atoms. The van der Waals surface area contributed by atoms with Crippen LogP contribution >= 0.6 is 0 Å². The summed E-state index contributed by atoms with van der Waals surface area (Å²) in [5.41, 5.74) is 0. The maximum absolute atomic E-state index is 5.95. The fourth-order valence-electron chi connectivity index (χ4n) is 3.96. The van der Waals surface area contributed by atoms with Gasteiger partial charge in [0, 0.05) is 13.2 Å². The fourth-order valence-corrected chi connectivity index (χ4v) is 3.96. The van der Waals surface area contributed by atoms with Crippen LogP contribution in [0.5, 0.6) is 0 Å². The van der Waals surface area contributed by atoms with Crippen LogP contribution in [0.1, 0.15) is 129 Å². The van der Waals surface area contributed by atoms with Gasteiger partial charge in [0.05, 0.1) is 19.3 Å². The van der Waals surface area contributed by atoms with Crippen molar-refractivity contribution in [2.45, 2.75) is 135 Å². The van der Waals surface area contributed by atoms with Crippen molar-refractivity contribution in [2.75, 3.05) is 40.5 Å². The predicted molar refractivity (Wildman–Crippen MR) is 152 cm³/mol. The molecular formula is C31H61NO2. The molecule has 0 spiro atoms. The maximum atomic E-state index is 5.95. The topological polar surface area (TPSA) is 21.7 Å². The molecule has 0 radical (unpaired) electrons. The maximum Gasteiger partial charge on any atom is 0.0644 e. The molecule has 0 aliphatic carbocycles. The Labute approximate surface area is 214 Å². The first-order chi connectivity index (χ1) is 16.7. The molecule has 0 unspecified atom stereocenters. The number of ether oxygens (including phenoxy) is 2. The molecule has 1 atom stereocenters. The summed E-state index contributed by atoms with van der Waals surface area (Å²) in [5, 5.41) is 0. The van der Waals surface area contributed by atoms with Crippen LogP contribution in [0.15, 0.2) is 24.3 Å². The van der Waals surface area contributed by atoms with Crippen LogP contribution in [0.25, 0.3) is 0 Å². The Hall–Kier alpha value is -0.640. The third-order valence-corrected chi connectivity index (χ3v) is 6.48. The Morgan fingerprint density at radius 1 is 0.529 bits per heavy atom. The second-order valence-corrected chi connectivity index (χ2v) is 10.1. The van der Waals surface area contributed by atoms with Crippen molar-refractivity contribution >= 4 is 0 Å². The fraction of sp³-hybridized carbons (Fsp3) is 0.871. The van der Waals surface area contributed by atoms with Gasteiger partial charge in [-0.25, -0.2) is 0 Å².